The topological polar surface area (TPSA) is 49.4 Å². The first-order chi connectivity index (χ1) is 10.6. The second-order valence-corrected chi connectivity index (χ2v) is 5.47. The number of amides is 2. The molecule has 1 saturated heterocycles. The van der Waals surface area contributed by atoms with Gasteiger partial charge in [-0.25, -0.2) is 0 Å². The lowest BCUT2D eigenvalue weighted by Gasteiger charge is -2.19. The minimum absolute atomic E-state index is 0.134. The Morgan fingerprint density at radius 1 is 1.14 bits per heavy atom. The molecule has 3 rings (SSSR count). The highest BCUT2D eigenvalue weighted by molar-refractivity contribution is 6.04. The monoisotopic (exact) mass is 294 g/mol. The largest absolute Gasteiger partial charge is 0.322 e. The molecule has 0 bridgehead atoms. The predicted octanol–water partition coefficient (Wildman–Crippen LogP) is 3.37. The average molecular weight is 294 g/mol. The van der Waals surface area contributed by atoms with E-state index in [9.17, 15) is 9.59 Å². The third-order valence-electron chi connectivity index (χ3n) is 3.85. The molecule has 0 aliphatic carbocycles. The lowest BCUT2D eigenvalue weighted by molar-refractivity contribution is -0.117. The molecule has 4 heteroatoms. The molecule has 1 aliphatic heterocycles. The number of carbonyl (C=O) groups excluding carboxylic acids is 2. The van der Waals surface area contributed by atoms with Crippen molar-refractivity contribution in [1.29, 1.82) is 0 Å². The van der Waals surface area contributed by atoms with E-state index in [0.29, 0.717) is 12.0 Å². The van der Waals surface area contributed by atoms with Crippen LogP contribution in [0, 0.1) is 6.92 Å². The summed E-state index contributed by atoms with van der Waals surface area (Å²) in [6, 6.07) is 14.8. The van der Waals surface area contributed by atoms with Crippen LogP contribution in [0.15, 0.2) is 48.5 Å². The molecule has 1 N–H and O–H groups in total. The van der Waals surface area contributed by atoms with Gasteiger partial charge in [-0.3, -0.25) is 9.59 Å². The van der Waals surface area contributed by atoms with Gasteiger partial charge in [0.25, 0.3) is 5.91 Å². The molecule has 2 amide bonds. The highest BCUT2D eigenvalue weighted by Gasteiger charge is 2.23. The molecule has 2 aromatic carbocycles. The van der Waals surface area contributed by atoms with Crippen molar-refractivity contribution >= 4 is 23.2 Å². The van der Waals surface area contributed by atoms with Crippen LogP contribution in [0.25, 0.3) is 0 Å². The summed E-state index contributed by atoms with van der Waals surface area (Å²) in [5, 5.41) is 2.89. The summed E-state index contributed by atoms with van der Waals surface area (Å²) in [6.07, 6.45) is 1.52. The van der Waals surface area contributed by atoms with Gasteiger partial charge in [0.05, 0.1) is 0 Å². The first kappa shape index (κ1) is 14.3. The number of anilines is 2. The SMILES string of the molecule is Cc1cc(NC(=O)c2ccccc2)ccc1N1CCCC1=O. The fourth-order valence-corrected chi connectivity index (χ4v) is 2.73. The Hall–Kier alpha value is -2.62. The minimum Gasteiger partial charge on any atom is -0.322 e. The van der Waals surface area contributed by atoms with Crippen LogP contribution >= 0.6 is 0 Å². The van der Waals surface area contributed by atoms with Gasteiger partial charge in [-0.1, -0.05) is 18.2 Å². The number of hydrogen-bond donors (Lipinski definition) is 1. The summed E-state index contributed by atoms with van der Waals surface area (Å²) >= 11 is 0. The summed E-state index contributed by atoms with van der Waals surface area (Å²) in [6.45, 7) is 2.73. The number of nitrogens with zero attached hydrogens (tertiary/aromatic N) is 1. The Balaban J connectivity index is 1.77. The van der Waals surface area contributed by atoms with Crippen molar-refractivity contribution in [3.63, 3.8) is 0 Å². The van der Waals surface area contributed by atoms with Crippen molar-refractivity contribution in [2.24, 2.45) is 0 Å². The summed E-state index contributed by atoms with van der Waals surface area (Å²) in [5.74, 6) is 0.0363. The van der Waals surface area contributed by atoms with E-state index in [1.807, 2.05) is 48.2 Å². The van der Waals surface area contributed by atoms with E-state index in [1.165, 1.54) is 0 Å². The maximum absolute atomic E-state index is 12.1. The first-order valence-corrected chi connectivity index (χ1v) is 7.42. The second-order valence-electron chi connectivity index (χ2n) is 5.47. The van der Waals surface area contributed by atoms with Crippen molar-refractivity contribution in [3.05, 3.63) is 59.7 Å². The van der Waals surface area contributed by atoms with Crippen LogP contribution in [0.2, 0.25) is 0 Å². The van der Waals surface area contributed by atoms with Crippen molar-refractivity contribution in [1.82, 2.24) is 0 Å². The molecule has 22 heavy (non-hydrogen) atoms. The van der Waals surface area contributed by atoms with Crippen LogP contribution in [0.3, 0.4) is 0 Å². The predicted molar refractivity (Wildman–Crippen MR) is 87.2 cm³/mol. The van der Waals surface area contributed by atoms with Crippen LogP contribution in [-0.2, 0) is 4.79 Å². The van der Waals surface area contributed by atoms with E-state index in [4.69, 9.17) is 0 Å². The molecule has 1 aliphatic rings. The van der Waals surface area contributed by atoms with E-state index < -0.39 is 0 Å². The van der Waals surface area contributed by atoms with Crippen molar-refractivity contribution < 1.29 is 9.59 Å². The van der Waals surface area contributed by atoms with Gasteiger partial charge < -0.3 is 10.2 Å². The Morgan fingerprint density at radius 3 is 2.55 bits per heavy atom. The molecular formula is C18H18N2O2. The van der Waals surface area contributed by atoms with Gasteiger partial charge in [0, 0.05) is 29.9 Å². The maximum Gasteiger partial charge on any atom is 0.255 e. The standard InChI is InChI=1S/C18H18N2O2/c1-13-12-15(19-18(22)14-6-3-2-4-7-14)9-10-16(13)20-11-5-8-17(20)21/h2-4,6-7,9-10,12H,5,8,11H2,1H3,(H,19,22). The Labute approximate surface area is 129 Å². The van der Waals surface area contributed by atoms with Crippen LogP contribution in [0.1, 0.15) is 28.8 Å². The molecule has 0 atom stereocenters. The van der Waals surface area contributed by atoms with E-state index in [-0.39, 0.29) is 11.8 Å². The summed E-state index contributed by atoms with van der Waals surface area (Å²) in [4.78, 5) is 25.8. The minimum atomic E-state index is -0.134. The molecule has 0 saturated carbocycles. The average Bonchev–Trinajstić information content (AvgIpc) is 2.94. The number of hydrogen-bond acceptors (Lipinski definition) is 2. The van der Waals surface area contributed by atoms with Gasteiger partial charge in [-0.05, 0) is 49.2 Å². The molecule has 112 valence electrons. The molecule has 0 unspecified atom stereocenters. The molecular weight excluding hydrogens is 276 g/mol. The summed E-state index contributed by atoms with van der Waals surface area (Å²) in [5.41, 5.74) is 3.28. The fraction of sp³-hybridized carbons (Fsp3) is 0.222. The molecule has 2 aromatic rings. The zero-order valence-electron chi connectivity index (χ0n) is 12.5. The first-order valence-electron chi connectivity index (χ1n) is 7.42. The number of benzene rings is 2. The lowest BCUT2D eigenvalue weighted by Crippen LogP contribution is -2.24. The van der Waals surface area contributed by atoms with Crippen molar-refractivity contribution in [2.45, 2.75) is 19.8 Å². The highest BCUT2D eigenvalue weighted by Crippen LogP contribution is 2.27. The van der Waals surface area contributed by atoms with Crippen LogP contribution in [-0.4, -0.2) is 18.4 Å². The Kier molecular flexibility index (Phi) is 3.92. The van der Waals surface area contributed by atoms with Gasteiger partial charge in [0.1, 0.15) is 0 Å². The summed E-state index contributed by atoms with van der Waals surface area (Å²) < 4.78 is 0. The van der Waals surface area contributed by atoms with E-state index in [1.54, 1.807) is 12.1 Å². The van der Waals surface area contributed by atoms with Gasteiger partial charge in [-0.2, -0.15) is 0 Å². The fourth-order valence-electron chi connectivity index (χ4n) is 2.73. The van der Waals surface area contributed by atoms with Crippen LogP contribution in [0.5, 0.6) is 0 Å². The smallest absolute Gasteiger partial charge is 0.255 e. The van der Waals surface area contributed by atoms with Crippen molar-refractivity contribution in [3.8, 4) is 0 Å². The van der Waals surface area contributed by atoms with E-state index >= 15 is 0 Å². The Bertz CT molecular complexity index is 710. The zero-order valence-corrected chi connectivity index (χ0v) is 12.5. The number of rotatable bonds is 3. The number of nitrogens with one attached hydrogen (secondary N) is 1. The van der Waals surface area contributed by atoms with Gasteiger partial charge in [-0.15, -0.1) is 0 Å². The Morgan fingerprint density at radius 2 is 1.91 bits per heavy atom. The second kappa shape index (κ2) is 6.02. The van der Waals surface area contributed by atoms with Gasteiger partial charge >= 0.3 is 0 Å². The zero-order chi connectivity index (χ0) is 15.5. The van der Waals surface area contributed by atoms with Crippen LogP contribution in [0.4, 0.5) is 11.4 Å². The van der Waals surface area contributed by atoms with Crippen LogP contribution < -0.4 is 10.2 Å². The number of carbonyl (C=O) groups is 2. The molecule has 1 heterocycles. The normalized spacial score (nSPS) is 14.2. The van der Waals surface area contributed by atoms with Gasteiger partial charge in [0.2, 0.25) is 5.91 Å². The molecule has 1 fully saturated rings. The maximum atomic E-state index is 12.1. The van der Waals surface area contributed by atoms with E-state index in [2.05, 4.69) is 5.32 Å². The molecule has 0 aromatic heterocycles. The molecule has 0 spiro atoms. The molecule has 0 radical (unpaired) electrons. The summed E-state index contributed by atoms with van der Waals surface area (Å²) in [7, 11) is 0. The van der Waals surface area contributed by atoms with E-state index in [0.717, 1.165) is 29.9 Å². The van der Waals surface area contributed by atoms with Crippen molar-refractivity contribution in [2.75, 3.05) is 16.8 Å². The molecule has 4 nitrogen and oxygen atoms in total. The third-order valence-corrected chi connectivity index (χ3v) is 3.85. The lowest BCUT2D eigenvalue weighted by atomic mass is 10.1. The van der Waals surface area contributed by atoms with Gasteiger partial charge in [0.15, 0.2) is 0 Å². The highest BCUT2D eigenvalue weighted by atomic mass is 16.2. The quantitative estimate of drug-likeness (QED) is 0.943. The number of aryl methyl sites for hydroxylation is 1. The third kappa shape index (κ3) is 2.86.